The third-order valence-electron chi connectivity index (χ3n) is 6.21. The number of nitrogens with zero attached hydrogens (tertiary/aromatic N) is 2. The molecule has 0 saturated heterocycles. The summed E-state index contributed by atoms with van der Waals surface area (Å²) in [6, 6.07) is 5.31. The average Bonchev–Trinajstić information content (AvgIpc) is 3.37. The summed E-state index contributed by atoms with van der Waals surface area (Å²) >= 11 is 0. The number of carbonyl (C=O) groups is 3. The number of hydrogen-bond donors (Lipinski definition) is 2. The molecule has 0 spiro atoms. The van der Waals surface area contributed by atoms with Crippen LogP contribution in [0.15, 0.2) is 24.3 Å². The SMILES string of the molecule is CC1CCCCC1NC(=O)NC(=O)COC(=O)c1nn(-c2ccc(F)cc2)c2c1CCC2. The van der Waals surface area contributed by atoms with E-state index < -0.39 is 24.5 Å². The molecule has 9 heteroatoms. The van der Waals surface area contributed by atoms with E-state index in [2.05, 4.69) is 22.7 Å². The van der Waals surface area contributed by atoms with Gasteiger partial charge in [-0.2, -0.15) is 5.10 Å². The largest absolute Gasteiger partial charge is 0.451 e. The van der Waals surface area contributed by atoms with Crippen LogP contribution >= 0.6 is 0 Å². The van der Waals surface area contributed by atoms with Crippen molar-refractivity contribution < 1.29 is 23.5 Å². The van der Waals surface area contributed by atoms with E-state index in [0.29, 0.717) is 18.0 Å². The Labute approximate surface area is 185 Å². The first-order chi connectivity index (χ1) is 15.4. The molecule has 2 atom stereocenters. The zero-order valence-corrected chi connectivity index (χ0v) is 18.0. The first-order valence-corrected chi connectivity index (χ1v) is 11.1. The topological polar surface area (TPSA) is 102 Å². The molecule has 2 N–H and O–H groups in total. The molecule has 2 aromatic rings. The maximum atomic E-state index is 13.3. The third kappa shape index (κ3) is 4.81. The summed E-state index contributed by atoms with van der Waals surface area (Å²) in [6.07, 6.45) is 6.43. The molecule has 8 nitrogen and oxygen atoms in total. The molecule has 0 aliphatic heterocycles. The Kier molecular flexibility index (Phi) is 6.53. The van der Waals surface area contributed by atoms with Crippen molar-refractivity contribution in [2.45, 2.75) is 57.9 Å². The van der Waals surface area contributed by atoms with Gasteiger partial charge in [0.1, 0.15) is 5.82 Å². The maximum Gasteiger partial charge on any atom is 0.359 e. The van der Waals surface area contributed by atoms with Crippen LogP contribution in [0.25, 0.3) is 5.69 Å². The van der Waals surface area contributed by atoms with Gasteiger partial charge in [-0.15, -0.1) is 0 Å². The van der Waals surface area contributed by atoms with Gasteiger partial charge in [-0.25, -0.2) is 18.7 Å². The van der Waals surface area contributed by atoms with Crippen LogP contribution in [0.2, 0.25) is 0 Å². The van der Waals surface area contributed by atoms with Crippen LogP contribution in [-0.2, 0) is 22.4 Å². The molecular weight excluding hydrogens is 415 g/mol. The van der Waals surface area contributed by atoms with E-state index in [1.807, 2.05) is 0 Å². The Morgan fingerprint density at radius 1 is 1.12 bits per heavy atom. The lowest BCUT2D eigenvalue weighted by Gasteiger charge is -2.29. The zero-order chi connectivity index (χ0) is 22.7. The highest BCUT2D eigenvalue weighted by Crippen LogP contribution is 2.28. The highest BCUT2D eigenvalue weighted by Gasteiger charge is 2.28. The Hall–Kier alpha value is -3.23. The smallest absolute Gasteiger partial charge is 0.359 e. The minimum Gasteiger partial charge on any atom is -0.451 e. The number of aromatic nitrogens is 2. The average molecular weight is 442 g/mol. The van der Waals surface area contributed by atoms with Gasteiger partial charge in [0.05, 0.1) is 5.69 Å². The van der Waals surface area contributed by atoms with Gasteiger partial charge in [0, 0.05) is 17.3 Å². The fraction of sp³-hybridized carbons (Fsp3) is 0.478. The predicted molar refractivity (Wildman–Crippen MR) is 114 cm³/mol. The van der Waals surface area contributed by atoms with Gasteiger partial charge < -0.3 is 10.1 Å². The monoisotopic (exact) mass is 442 g/mol. The Morgan fingerprint density at radius 3 is 2.62 bits per heavy atom. The van der Waals surface area contributed by atoms with Gasteiger partial charge in [-0.05, 0) is 62.3 Å². The van der Waals surface area contributed by atoms with Crippen LogP contribution in [0.3, 0.4) is 0 Å². The number of esters is 1. The standard InChI is InChI=1S/C23H27FN4O4/c1-14-5-2-3-7-18(14)25-23(31)26-20(29)13-32-22(30)21-17-6-4-8-19(17)28(27-21)16-11-9-15(24)10-12-16/h9-12,14,18H,2-8,13H2,1H3,(H2,25,26,29,31). The summed E-state index contributed by atoms with van der Waals surface area (Å²) in [5.74, 6) is -1.42. The molecule has 1 aromatic carbocycles. The number of ether oxygens (including phenoxy) is 1. The minimum atomic E-state index is -0.722. The number of fused-ring (bicyclic) bond motifs is 1. The van der Waals surface area contributed by atoms with E-state index in [0.717, 1.165) is 49.8 Å². The second-order valence-corrected chi connectivity index (χ2v) is 8.48. The summed E-state index contributed by atoms with van der Waals surface area (Å²) in [5.41, 5.74) is 2.46. The van der Waals surface area contributed by atoms with Crippen molar-refractivity contribution in [1.82, 2.24) is 20.4 Å². The molecule has 2 aliphatic carbocycles. The van der Waals surface area contributed by atoms with Gasteiger partial charge in [0.2, 0.25) is 0 Å². The van der Waals surface area contributed by atoms with E-state index >= 15 is 0 Å². The fourth-order valence-electron chi connectivity index (χ4n) is 4.49. The van der Waals surface area contributed by atoms with Gasteiger partial charge in [-0.1, -0.05) is 19.8 Å². The second kappa shape index (κ2) is 9.50. The molecule has 0 radical (unpaired) electrons. The maximum absolute atomic E-state index is 13.3. The summed E-state index contributed by atoms with van der Waals surface area (Å²) in [4.78, 5) is 36.8. The van der Waals surface area contributed by atoms with E-state index in [9.17, 15) is 18.8 Å². The van der Waals surface area contributed by atoms with Gasteiger partial charge in [0.15, 0.2) is 12.3 Å². The summed E-state index contributed by atoms with van der Waals surface area (Å²) in [5, 5.41) is 9.41. The highest BCUT2D eigenvalue weighted by atomic mass is 19.1. The number of amides is 3. The first kappa shape index (κ1) is 22.0. The molecule has 1 fully saturated rings. The Balaban J connectivity index is 1.35. The van der Waals surface area contributed by atoms with Crippen molar-refractivity contribution in [1.29, 1.82) is 0 Å². The van der Waals surface area contributed by atoms with E-state index in [4.69, 9.17) is 4.74 Å². The van der Waals surface area contributed by atoms with Crippen LogP contribution in [-0.4, -0.2) is 40.3 Å². The normalized spacial score (nSPS) is 19.8. The molecular formula is C23H27FN4O4. The quantitative estimate of drug-likeness (QED) is 0.693. The first-order valence-electron chi connectivity index (χ1n) is 11.1. The number of rotatable bonds is 5. The molecule has 2 unspecified atom stereocenters. The number of urea groups is 1. The number of hydrogen-bond acceptors (Lipinski definition) is 5. The van der Waals surface area contributed by atoms with Crippen molar-refractivity contribution in [3.63, 3.8) is 0 Å². The van der Waals surface area contributed by atoms with Crippen LogP contribution in [0, 0.1) is 11.7 Å². The van der Waals surface area contributed by atoms with Crippen LogP contribution in [0.4, 0.5) is 9.18 Å². The zero-order valence-electron chi connectivity index (χ0n) is 18.0. The number of nitrogens with one attached hydrogen (secondary N) is 2. The number of carbonyl (C=O) groups excluding carboxylic acids is 3. The van der Waals surface area contributed by atoms with Crippen LogP contribution < -0.4 is 10.6 Å². The van der Waals surface area contributed by atoms with Crippen molar-refractivity contribution in [2.24, 2.45) is 5.92 Å². The molecule has 2 aliphatic rings. The lowest BCUT2D eigenvalue weighted by Crippen LogP contribution is -2.48. The van der Waals surface area contributed by atoms with Gasteiger partial charge in [-0.3, -0.25) is 10.1 Å². The van der Waals surface area contributed by atoms with Crippen molar-refractivity contribution in [3.8, 4) is 5.69 Å². The molecule has 3 amide bonds. The number of halogens is 1. The lowest BCUT2D eigenvalue weighted by molar-refractivity contribution is -0.123. The molecule has 4 rings (SSSR count). The predicted octanol–water partition coefficient (Wildman–Crippen LogP) is 3.06. The molecule has 170 valence electrons. The second-order valence-electron chi connectivity index (χ2n) is 8.48. The van der Waals surface area contributed by atoms with Crippen LogP contribution in [0.5, 0.6) is 0 Å². The van der Waals surface area contributed by atoms with Crippen molar-refractivity contribution in [3.05, 3.63) is 47.0 Å². The Morgan fingerprint density at radius 2 is 1.88 bits per heavy atom. The third-order valence-corrected chi connectivity index (χ3v) is 6.21. The van der Waals surface area contributed by atoms with Gasteiger partial charge in [0.25, 0.3) is 5.91 Å². The molecule has 0 bridgehead atoms. The highest BCUT2D eigenvalue weighted by molar-refractivity contribution is 5.97. The van der Waals surface area contributed by atoms with Crippen LogP contribution in [0.1, 0.15) is 60.8 Å². The molecule has 32 heavy (non-hydrogen) atoms. The number of imide groups is 1. The fourth-order valence-corrected chi connectivity index (χ4v) is 4.49. The van der Waals surface area contributed by atoms with E-state index in [1.165, 1.54) is 12.1 Å². The molecule has 1 saturated carbocycles. The lowest BCUT2D eigenvalue weighted by atomic mass is 9.86. The van der Waals surface area contributed by atoms with Crippen molar-refractivity contribution in [2.75, 3.05) is 6.61 Å². The summed E-state index contributed by atoms with van der Waals surface area (Å²) in [7, 11) is 0. The number of benzene rings is 1. The summed E-state index contributed by atoms with van der Waals surface area (Å²) < 4.78 is 20.0. The molecule has 1 heterocycles. The van der Waals surface area contributed by atoms with E-state index in [1.54, 1.807) is 16.8 Å². The van der Waals surface area contributed by atoms with Crippen molar-refractivity contribution >= 4 is 17.9 Å². The van der Waals surface area contributed by atoms with Gasteiger partial charge >= 0.3 is 12.0 Å². The minimum absolute atomic E-state index is 0.0390. The van der Waals surface area contributed by atoms with E-state index in [-0.39, 0.29) is 17.6 Å². The summed E-state index contributed by atoms with van der Waals surface area (Å²) in [6.45, 7) is 1.50. The Bertz CT molecular complexity index is 1020. The molecule has 1 aromatic heterocycles.